The summed E-state index contributed by atoms with van der Waals surface area (Å²) in [5.41, 5.74) is 4.85. The SMILES string of the molecule is CCc1cccc(CC)c1N(C)C(=O)CN1C[C@H](c2ccc3c(c2)OCO3)[C@@H](C(=O)O)[C@@H]1c1ccc(OC)cc1. The summed E-state index contributed by atoms with van der Waals surface area (Å²) in [5, 5.41) is 10.5. The number of likely N-dealkylation sites (N-methyl/N-ethyl adjacent to an activating group) is 1. The maximum Gasteiger partial charge on any atom is 0.309 e. The first-order valence-corrected chi connectivity index (χ1v) is 13.7. The molecule has 3 aromatic carbocycles. The molecule has 0 unspecified atom stereocenters. The van der Waals surface area contributed by atoms with Crippen LogP contribution in [0, 0.1) is 5.92 Å². The van der Waals surface area contributed by atoms with E-state index >= 15 is 0 Å². The summed E-state index contributed by atoms with van der Waals surface area (Å²) in [6.07, 6.45) is 1.62. The minimum absolute atomic E-state index is 0.0791. The molecule has 0 bridgehead atoms. The highest BCUT2D eigenvalue weighted by Gasteiger charge is 2.48. The third kappa shape index (κ3) is 5.11. The predicted molar refractivity (Wildman–Crippen MR) is 152 cm³/mol. The molecule has 0 saturated carbocycles. The number of ether oxygens (including phenoxy) is 3. The number of hydrogen-bond acceptors (Lipinski definition) is 6. The molecule has 1 saturated heterocycles. The summed E-state index contributed by atoms with van der Waals surface area (Å²) < 4.78 is 16.4. The summed E-state index contributed by atoms with van der Waals surface area (Å²) in [7, 11) is 3.41. The van der Waals surface area contributed by atoms with Gasteiger partial charge in [-0.25, -0.2) is 0 Å². The van der Waals surface area contributed by atoms with Gasteiger partial charge in [-0.1, -0.05) is 50.2 Å². The van der Waals surface area contributed by atoms with Crippen molar-refractivity contribution >= 4 is 17.6 Å². The molecule has 2 aliphatic rings. The quantitative estimate of drug-likeness (QED) is 0.403. The number of aryl methyl sites for hydroxylation is 2. The van der Waals surface area contributed by atoms with Gasteiger partial charge in [0.1, 0.15) is 5.75 Å². The first-order valence-electron chi connectivity index (χ1n) is 13.7. The second-order valence-electron chi connectivity index (χ2n) is 10.3. The number of carbonyl (C=O) groups excluding carboxylic acids is 1. The third-order valence-corrected chi connectivity index (χ3v) is 8.18. The summed E-state index contributed by atoms with van der Waals surface area (Å²) in [4.78, 5) is 30.5. The molecule has 0 spiro atoms. The molecule has 0 aromatic heterocycles. The Morgan fingerprint density at radius 2 is 1.62 bits per heavy atom. The Balaban J connectivity index is 1.51. The highest BCUT2D eigenvalue weighted by Crippen LogP contribution is 2.48. The van der Waals surface area contributed by atoms with Crippen LogP contribution in [-0.2, 0) is 22.4 Å². The lowest BCUT2D eigenvalue weighted by atomic mass is 9.82. The Morgan fingerprint density at radius 1 is 0.975 bits per heavy atom. The fourth-order valence-corrected chi connectivity index (χ4v) is 6.12. The van der Waals surface area contributed by atoms with E-state index in [1.54, 1.807) is 12.0 Å². The fraction of sp³-hybridized carbons (Fsp3) is 0.375. The number of benzene rings is 3. The van der Waals surface area contributed by atoms with E-state index in [-0.39, 0.29) is 25.2 Å². The van der Waals surface area contributed by atoms with Gasteiger partial charge in [0.25, 0.3) is 0 Å². The molecule has 3 atom stereocenters. The third-order valence-electron chi connectivity index (χ3n) is 8.18. The van der Waals surface area contributed by atoms with E-state index in [0.717, 1.165) is 40.8 Å². The van der Waals surface area contributed by atoms with E-state index in [2.05, 4.69) is 26.0 Å². The lowest BCUT2D eigenvalue weighted by Gasteiger charge is -2.30. The van der Waals surface area contributed by atoms with Gasteiger partial charge in [-0.05, 0) is 59.4 Å². The normalized spacial score (nSPS) is 19.9. The standard InChI is InChI=1S/C32H36N2O6/c1-5-20-8-7-9-21(6-2)30(20)33(3)28(35)18-34-17-25(23-12-15-26-27(16-23)40-19-39-26)29(32(36)37)31(34)22-10-13-24(38-4)14-11-22/h7-16,25,29,31H,5-6,17-19H2,1-4H3,(H,36,37)/t25-,29-,31+/m1/s1. The Hall–Kier alpha value is -4.04. The highest BCUT2D eigenvalue weighted by molar-refractivity contribution is 5.96. The van der Waals surface area contributed by atoms with Crippen molar-refractivity contribution in [2.75, 3.05) is 38.9 Å². The first kappa shape index (κ1) is 27.5. The van der Waals surface area contributed by atoms with Crippen molar-refractivity contribution in [3.05, 3.63) is 82.9 Å². The maximum atomic E-state index is 13.9. The van der Waals surface area contributed by atoms with Crippen LogP contribution in [0.4, 0.5) is 5.69 Å². The van der Waals surface area contributed by atoms with Gasteiger partial charge in [-0.2, -0.15) is 0 Å². The maximum absolute atomic E-state index is 13.9. The summed E-state index contributed by atoms with van der Waals surface area (Å²) in [6.45, 7) is 4.81. The van der Waals surface area contributed by atoms with Crippen LogP contribution >= 0.6 is 0 Å². The smallest absolute Gasteiger partial charge is 0.309 e. The van der Waals surface area contributed by atoms with Gasteiger partial charge in [0, 0.05) is 31.2 Å². The number of para-hydroxylation sites is 1. The summed E-state index contributed by atoms with van der Waals surface area (Å²) in [6, 6.07) is 18.7. The zero-order valence-electron chi connectivity index (χ0n) is 23.4. The Labute approximate surface area is 235 Å². The van der Waals surface area contributed by atoms with Gasteiger partial charge in [0.2, 0.25) is 12.7 Å². The Kier molecular flexibility index (Phi) is 7.98. The van der Waals surface area contributed by atoms with Crippen LogP contribution in [-0.4, -0.2) is 55.9 Å². The van der Waals surface area contributed by atoms with E-state index in [0.29, 0.717) is 23.8 Å². The van der Waals surface area contributed by atoms with E-state index in [1.165, 1.54) is 0 Å². The van der Waals surface area contributed by atoms with Crippen LogP contribution in [0.1, 0.15) is 48.1 Å². The van der Waals surface area contributed by atoms with Crippen LogP contribution < -0.4 is 19.1 Å². The second kappa shape index (κ2) is 11.6. The molecule has 0 radical (unpaired) electrons. The average Bonchev–Trinajstić information content (AvgIpc) is 3.60. The van der Waals surface area contributed by atoms with Crippen LogP contribution in [0.2, 0.25) is 0 Å². The number of nitrogens with zero attached hydrogens (tertiary/aromatic N) is 2. The molecule has 2 heterocycles. The molecule has 1 N–H and O–H groups in total. The first-order chi connectivity index (χ1) is 19.4. The lowest BCUT2D eigenvalue weighted by Crippen LogP contribution is -2.40. The van der Waals surface area contributed by atoms with Crippen molar-refractivity contribution in [1.29, 1.82) is 0 Å². The van der Waals surface area contributed by atoms with Gasteiger partial charge in [0.05, 0.1) is 19.6 Å². The van der Waals surface area contributed by atoms with E-state index < -0.39 is 17.9 Å². The number of carboxylic acid groups (broad SMARTS) is 1. The molecule has 8 heteroatoms. The number of methoxy groups -OCH3 is 1. The van der Waals surface area contributed by atoms with Crippen molar-refractivity contribution in [3.63, 3.8) is 0 Å². The molecular weight excluding hydrogens is 508 g/mol. The zero-order chi connectivity index (χ0) is 28.4. The predicted octanol–water partition coefficient (Wildman–Crippen LogP) is 5.05. The highest BCUT2D eigenvalue weighted by atomic mass is 16.7. The van der Waals surface area contributed by atoms with Gasteiger partial charge in [-0.3, -0.25) is 14.5 Å². The minimum atomic E-state index is -0.906. The van der Waals surface area contributed by atoms with Gasteiger partial charge in [-0.15, -0.1) is 0 Å². The second-order valence-corrected chi connectivity index (χ2v) is 10.3. The summed E-state index contributed by atoms with van der Waals surface area (Å²) >= 11 is 0. The van der Waals surface area contributed by atoms with Crippen molar-refractivity contribution in [2.45, 2.75) is 38.6 Å². The number of fused-ring (bicyclic) bond motifs is 1. The topological polar surface area (TPSA) is 88.5 Å². The Morgan fingerprint density at radius 3 is 2.25 bits per heavy atom. The number of carbonyl (C=O) groups is 2. The largest absolute Gasteiger partial charge is 0.497 e. The number of carboxylic acids is 1. The molecule has 1 fully saturated rings. The molecule has 8 nitrogen and oxygen atoms in total. The number of aliphatic carboxylic acids is 1. The van der Waals surface area contributed by atoms with Crippen molar-refractivity contribution in [1.82, 2.24) is 4.90 Å². The van der Waals surface area contributed by atoms with Gasteiger partial charge >= 0.3 is 5.97 Å². The van der Waals surface area contributed by atoms with E-state index in [1.807, 2.05) is 60.5 Å². The Bertz CT molecular complexity index is 1370. The van der Waals surface area contributed by atoms with Gasteiger partial charge < -0.3 is 24.2 Å². The number of hydrogen-bond donors (Lipinski definition) is 1. The number of likely N-dealkylation sites (tertiary alicyclic amines) is 1. The van der Waals surface area contributed by atoms with E-state index in [4.69, 9.17) is 14.2 Å². The molecule has 40 heavy (non-hydrogen) atoms. The van der Waals surface area contributed by atoms with Crippen molar-refractivity contribution < 1.29 is 28.9 Å². The van der Waals surface area contributed by atoms with Gasteiger partial charge in [0.15, 0.2) is 11.5 Å². The van der Waals surface area contributed by atoms with Crippen LogP contribution in [0.25, 0.3) is 0 Å². The number of rotatable bonds is 9. The van der Waals surface area contributed by atoms with E-state index in [9.17, 15) is 14.7 Å². The fourth-order valence-electron chi connectivity index (χ4n) is 6.12. The molecule has 210 valence electrons. The molecule has 5 rings (SSSR count). The molecular formula is C32H36N2O6. The van der Waals surface area contributed by atoms with Crippen molar-refractivity contribution in [3.8, 4) is 17.2 Å². The molecule has 1 amide bonds. The number of amides is 1. The van der Waals surface area contributed by atoms with Crippen molar-refractivity contribution in [2.24, 2.45) is 5.92 Å². The molecule has 0 aliphatic carbocycles. The van der Waals surface area contributed by atoms with Crippen LogP contribution in [0.3, 0.4) is 0 Å². The molecule has 2 aliphatic heterocycles. The van der Waals surface area contributed by atoms with Crippen LogP contribution in [0.15, 0.2) is 60.7 Å². The van der Waals surface area contributed by atoms with Crippen LogP contribution in [0.5, 0.6) is 17.2 Å². The zero-order valence-corrected chi connectivity index (χ0v) is 23.4. The number of anilines is 1. The average molecular weight is 545 g/mol. The lowest BCUT2D eigenvalue weighted by molar-refractivity contribution is -0.143. The monoisotopic (exact) mass is 544 g/mol. The summed E-state index contributed by atoms with van der Waals surface area (Å²) in [5.74, 6) is -0.171. The minimum Gasteiger partial charge on any atom is -0.497 e. The molecule has 3 aromatic rings.